The van der Waals surface area contributed by atoms with Crippen LogP contribution in [0.1, 0.15) is 30.9 Å². The van der Waals surface area contributed by atoms with Crippen molar-refractivity contribution < 1.29 is 32.5 Å². The summed E-state index contributed by atoms with van der Waals surface area (Å²) in [5.74, 6) is 0.255. The number of ether oxygens (including phenoxy) is 3. The standard InChI is InChI=1S/C23H29NO7S/c1-2-3-11-32(27,28)24-20(23(26)30-15-17-7-5-4-6-8-17)12-18-9-10-21-22(13-18)31-19(14-25)16-29-21/h4-10,13,19-20,24-25H,2-3,11-12,14-16H2,1H3/t19?,20-/m0/s1. The minimum Gasteiger partial charge on any atom is -0.486 e. The van der Waals surface area contributed by atoms with Crippen LogP contribution in [0, 0.1) is 0 Å². The Labute approximate surface area is 188 Å². The zero-order valence-electron chi connectivity index (χ0n) is 18.0. The molecule has 1 unspecified atom stereocenters. The number of benzene rings is 2. The summed E-state index contributed by atoms with van der Waals surface area (Å²) in [5.41, 5.74) is 1.48. The van der Waals surface area contributed by atoms with Gasteiger partial charge in [0, 0.05) is 0 Å². The smallest absolute Gasteiger partial charge is 0.324 e. The van der Waals surface area contributed by atoms with Gasteiger partial charge in [0.05, 0.1) is 12.4 Å². The van der Waals surface area contributed by atoms with E-state index in [9.17, 15) is 18.3 Å². The number of unbranched alkanes of at least 4 members (excludes halogenated alkanes) is 1. The second kappa shape index (κ2) is 11.3. The van der Waals surface area contributed by atoms with Gasteiger partial charge in [-0.1, -0.05) is 49.7 Å². The van der Waals surface area contributed by atoms with Crippen LogP contribution in [0.2, 0.25) is 0 Å². The summed E-state index contributed by atoms with van der Waals surface area (Å²) < 4.78 is 44.1. The molecule has 0 amide bonds. The first-order chi connectivity index (χ1) is 15.4. The number of fused-ring (bicyclic) bond motifs is 1. The Morgan fingerprint density at radius 2 is 1.97 bits per heavy atom. The van der Waals surface area contributed by atoms with Gasteiger partial charge >= 0.3 is 5.97 Å². The van der Waals surface area contributed by atoms with E-state index >= 15 is 0 Å². The van der Waals surface area contributed by atoms with Crippen molar-refractivity contribution in [3.8, 4) is 11.5 Å². The number of carbonyl (C=O) groups excluding carboxylic acids is 1. The van der Waals surface area contributed by atoms with Crippen LogP contribution in [0.4, 0.5) is 0 Å². The Morgan fingerprint density at radius 1 is 1.19 bits per heavy atom. The second-order valence-corrected chi connectivity index (χ2v) is 9.53. The third-order valence-corrected chi connectivity index (χ3v) is 6.44. The molecule has 0 aliphatic carbocycles. The Morgan fingerprint density at radius 3 is 2.69 bits per heavy atom. The minimum atomic E-state index is -3.66. The van der Waals surface area contributed by atoms with E-state index in [0.717, 1.165) is 12.0 Å². The van der Waals surface area contributed by atoms with Crippen LogP contribution in [-0.2, 0) is 32.6 Å². The van der Waals surface area contributed by atoms with E-state index in [0.29, 0.717) is 23.5 Å². The lowest BCUT2D eigenvalue weighted by Gasteiger charge is -2.26. The molecule has 1 aliphatic rings. The molecule has 32 heavy (non-hydrogen) atoms. The quantitative estimate of drug-likeness (QED) is 0.492. The molecule has 1 heterocycles. The maximum absolute atomic E-state index is 12.8. The Kier molecular flexibility index (Phi) is 8.49. The van der Waals surface area contributed by atoms with Gasteiger partial charge in [0.25, 0.3) is 0 Å². The van der Waals surface area contributed by atoms with Crippen LogP contribution in [-0.4, -0.2) is 50.6 Å². The third-order valence-electron chi connectivity index (χ3n) is 4.97. The lowest BCUT2D eigenvalue weighted by atomic mass is 10.1. The van der Waals surface area contributed by atoms with Crippen LogP contribution in [0.3, 0.4) is 0 Å². The number of carbonyl (C=O) groups is 1. The summed E-state index contributed by atoms with van der Waals surface area (Å²) in [5, 5.41) is 9.31. The van der Waals surface area contributed by atoms with E-state index in [4.69, 9.17) is 14.2 Å². The molecule has 3 rings (SSSR count). The SMILES string of the molecule is CCCCS(=O)(=O)N[C@@H](Cc1ccc2c(c1)OC(CO)CO2)C(=O)OCc1ccccc1. The number of hydrogen-bond donors (Lipinski definition) is 2. The van der Waals surface area contributed by atoms with Crippen LogP contribution in [0.25, 0.3) is 0 Å². The normalized spacial score (nSPS) is 16.4. The van der Waals surface area contributed by atoms with Crippen LogP contribution in [0.5, 0.6) is 11.5 Å². The van der Waals surface area contributed by atoms with E-state index in [1.54, 1.807) is 18.2 Å². The maximum atomic E-state index is 12.8. The molecule has 1 aliphatic heterocycles. The Balaban J connectivity index is 1.75. The average molecular weight is 464 g/mol. The van der Waals surface area contributed by atoms with Crippen LogP contribution in [0.15, 0.2) is 48.5 Å². The first-order valence-corrected chi connectivity index (χ1v) is 12.3. The van der Waals surface area contributed by atoms with Gasteiger partial charge in [0.2, 0.25) is 10.0 Å². The third kappa shape index (κ3) is 6.94. The van der Waals surface area contributed by atoms with Gasteiger partial charge in [0.15, 0.2) is 17.6 Å². The highest BCUT2D eigenvalue weighted by atomic mass is 32.2. The zero-order chi connectivity index (χ0) is 23.0. The Bertz CT molecular complexity index is 995. The molecular weight excluding hydrogens is 434 g/mol. The molecule has 9 heteroatoms. The number of aliphatic hydroxyl groups excluding tert-OH is 1. The molecule has 0 fully saturated rings. The van der Waals surface area contributed by atoms with E-state index in [-0.39, 0.29) is 32.0 Å². The number of hydrogen-bond acceptors (Lipinski definition) is 7. The monoisotopic (exact) mass is 463 g/mol. The van der Waals surface area contributed by atoms with Gasteiger partial charge < -0.3 is 19.3 Å². The van der Waals surface area contributed by atoms with Crippen molar-refractivity contribution in [2.24, 2.45) is 0 Å². The highest BCUT2D eigenvalue weighted by Crippen LogP contribution is 2.33. The lowest BCUT2D eigenvalue weighted by molar-refractivity contribution is -0.147. The fourth-order valence-corrected chi connectivity index (χ4v) is 4.62. The van der Waals surface area contributed by atoms with Gasteiger partial charge in [-0.3, -0.25) is 4.79 Å². The highest BCUT2D eigenvalue weighted by Gasteiger charge is 2.27. The summed E-state index contributed by atoms with van der Waals surface area (Å²) in [6, 6.07) is 13.2. The zero-order valence-corrected chi connectivity index (χ0v) is 18.8. The average Bonchev–Trinajstić information content (AvgIpc) is 2.80. The van der Waals surface area contributed by atoms with Gasteiger partial charge in [0.1, 0.15) is 19.3 Å². The molecule has 2 aromatic rings. The summed E-state index contributed by atoms with van der Waals surface area (Å²) >= 11 is 0. The maximum Gasteiger partial charge on any atom is 0.324 e. The second-order valence-electron chi connectivity index (χ2n) is 7.65. The molecule has 2 atom stereocenters. The van der Waals surface area contributed by atoms with E-state index in [2.05, 4.69) is 4.72 Å². The number of rotatable bonds is 11. The molecule has 174 valence electrons. The van der Waals surface area contributed by atoms with Crippen molar-refractivity contribution in [2.45, 2.75) is 44.9 Å². The molecular formula is C23H29NO7S. The first-order valence-electron chi connectivity index (χ1n) is 10.6. The largest absolute Gasteiger partial charge is 0.486 e. The number of sulfonamides is 1. The molecule has 2 N–H and O–H groups in total. The summed E-state index contributed by atoms with van der Waals surface area (Å²) in [4.78, 5) is 12.8. The van der Waals surface area contributed by atoms with Crippen molar-refractivity contribution in [1.29, 1.82) is 0 Å². The molecule has 8 nitrogen and oxygen atoms in total. The molecule has 2 aromatic carbocycles. The summed E-state index contributed by atoms with van der Waals surface area (Å²) in [6.45, 7) is 2.01. The minimum absolute atomic E-state index is 0.0478. The molecule has 0 radical (unpaired) electrons. The van der Waals surface area contributed by atoms with Gasteiger partial charge in [-0.05, 0) is 36.1 Å². The predicted molar refractivity (Wildman–Crippen MR) is 119 cm³/mol. The molecule has 0 saturated carbocycles. The van der Waals surface area contributed by atoms with E-state index < -0.39 is 28.1 Å². The van der Waals surface area contributed by atoms with Crippen molar-refractivity contribution in [3.05, 3.63) is 59.7 Å². The van der Waals surface area contributed by atoms with Crippen molar-refractivity contribution in [2.75, 3.05) is 19.0 Å². The topological polar surface area (TPSA) is 111 Å². The lowest BCUT2D eigenvalue weighted by Crippen LogP contribution is -2.44. The van der Waals surface area contributed by atoms with Crippen molar-refractivity contribution in [3.63, 3.8) is 0 Å². The van der Waals surface area contributed by atoms with E-state index in [1.807, 2.05) is 37.3 Å². The van der Waals surface area contributed by atoms with E-state index in [1.165, 1.54) is 0 Å². The van der Waals surface area contributed by atoms with Crippen LogP contribution < -0.4 is 14.2 Å². The number of nitrogens with one attached hydrogen (secondary N) is 1. The first kappa shape index (κ1) is 24.0. The molecule has 0 saturated heterocycles. The number of aliphatic hydroxyl groups is 1. The van der Waals surface area contributed by atoms with Gasteiger partial charge in [-0.25, -0.2) is 13.1 Å². The fourth-order valence-electron chi connectivity index (χ4n) is 3.23. The number of esters is 1. The fraction of sp³-hybridized carbons (Fsp3) is 0.435. The molecule has 0 bridgehead atoms. The predicted octanol–water partition coefficient (Wildman–Crippen LogP) is 2.19. The van der Waals surface area contributed by atoms with Gasteiger partial charge in [-0.15, -0.1) is 0 Å². The summed E-state index contributed by atoms with van der Waals surface area (Å²) in [6.07, 6.45) is 0.822. The van der Waals surface area contributed by atoms with Crippen molar-refractivity contribution >= 4 is 16.0 Å². The highest BCUT2D eigenvalue weighted by molar-refractivity contribution is 7.89. The van der Waals surface area contributed by atoms with Crippen LogP contribution >= 0.6 is 0 Å². The molecule has 0 spiro atoms. The Hall–Kier alpha value is -2.62. The summed E-state index contributed by atoms with van der Waals surface area (Å²) in [7, 11) is -3.66. The van der Waals surface area contributed by atoms with Gasteiger partial charge in [-0.2, -0.15) is 0 Å². The van der Waals surface area contributed by atoms with Crippen molar-refractivity contribution in [1.82, 2.24) is 4.72 Å². The molecule has 0 aromatic heterocycles.